The highest BCUT2D eigenvalue weighted by Gasteiger charge is 2.30. The van der Waals surface area contributed by atoms with E-state index in [9.17, 15) is 4.39 Å². The molecule has 1 fully saturated rings. The zero-order valence-electron chi connectivity index (χ0n) is 16.5. The second-order valence-electron chi connectivity index (χ2n) is 7.83. The van der Waals surface area contributed by atoms with E-state index in [0.29, 0.717) is 6.04 Å². The Labute approximate surface area is 170 Å². The van der Waals surface area contributed by atoms with Crippen molar-refractivity contribution < 1.29 is 4.39 Å². The predicted octanol–water partition coefficient (Wildman–Crippen LogP) is 5.69. The van der Waals surface area contributed by atoms with Crippen LogP contribution in [0.1, 0.15) is 25.3 Å². The number of fused-ring (bicyclic) bond motifs is 1. The lowest BCUT2D eigenvalue weighted by molar-refractivity contribution is 0.290. The molecule has 0 spiro atoms. The van der Waals surface area contributed by atoms with Crippen LogP contribution in [0.5, 0.6) is 0 Å². The fourth-order valence-electron chi connectivity index (χ4n) is 4.60. The zero-order chi connectivity index (χ0) is 19.8. The molecule has 0 bridgehead atoms. The number of benzene rings is 1. The first-order valence-corrected chi connectivity index (χ1v) is 10.2. The number of pyridine rings is 1. The Morgan fingerprint density at radius 3 is 2.66 bits per heavy atom. The van der Waals surface area contributed by atoms with Gasteiger partial charge >= 0.3 is 0 Å². The molecule has 29 heavy (non-hydrogen) atoms. The van der Waals surface area contributed by atoms with Crippen molar-refractivity contribution in [2.75, 3.05) is 13.1 Å². The van der Waals surface area contributed by atoms with Crippen molar-refractivity contribution in [1.29, 1.82) is 0 Å². The van der Waals surface area contributed by atoms with Gasteiger partial charge in [0.05, 0.1) is 5.69 Å². The number of nitrogens with zero attached hydrogens (tertiary/aromatic N) is 2. The van der Waals surface area contributed by atoms with Crippen LogP contribution in [0.2, 0.25) is 0 Å². The van der Waals surface area contributed by atoms with E-state index in [-0.39, 0.29) is 5.82 Å². The molecule has 4 heterocycles. The topological polar surface area (TPSA) is 31.9 Å². The molecule has 0 amide bonds. The lowest BCUT2D eigenvalue weighted by Gasteiger charge is -2.28. The predicted molar refractivity (Wildman–Crippen MR) is 116 cm³/mol. The molecule has 1 unspecified atom stereocenters. The van der Waals surface area contributed by atoms with Crippen molar-refractivity contribution in [3.63, 3.8) is 0 Å². The Hall–Kier alpha value is -2.98. The smallest absolute Gasteiger partial charge is 0.123 e. The van der Waals surface area contributed by atoms with Crippen LogP contribution in [0.4, 0.5) is 4.39 Å². The first-order chi connectivity index (χ1) is 14.2. The highest BCUT2D eigenvalue weighted by atomic mass is 19.1. The summed E-state index contributed by atoms with van der Waals surface area (Å²) in [6.07, 6.45) is 12.6. The van der Waals surface area contributed by atoms with E-state index in [4.69, 9.17) is 0 Å². The highest BCUT2D eigenvalue weighted by Crippen LogP contribution is 2.41. The van der Waals surface area contributed by atoms with Gasteiger partial charge in [-0.25, -0.2) is 4.39 Å². The van der Waals surface area contributed by atoms with E-state index in [1.807, 2.05) is 36.7 Å². The molecule has 2 aromatic heterocycles. The van der Waals surface area contributed by atoms with Gasteiger partial charge in [-0.1, -0.05) is 17.7 Å². The summed E-state index contributed by atoms with van der Waals surface area (Å²) in [4.78, 5) is 10.2. The van der Waals surface area contributed by atoms with Gasteiger partial charge in [-0.2, -0.15) is 0 Å². The largest absolute Gasteiger partial charge is 0.360 e. The Balaban J connectivity index is 1.61. The molecule has 4 heteroatoms. The Morgan fingerprint density at radius 2 is 1.90 bits per heavy atom. The van der Waals surface area contributed by atoms with Crippen LogP contribution in [0.25, 0.3) is 28.0 Å². The van der Waals surface area contributed by atoms with Crippen LogP contribution in [-0.2, 0) is 0 Å². The molecule has 146 valence electrons. The van der Waals surface area contributed by atoms with Crippen molar-refractivity contribution in [3.05, 3.63) is 84.1 Å². The molecular formula is C25H24FN3. The summed E-state index contributed by atoms with van der Waals surface area (Å²) in [5.74, 6) is -0.220. The van der Waals surface area contributed by atoms with Crippen molar-refractivity contribution in [3.8, 4) is 22.4 Å². The van der Waals surface area contributed by atoms with Gasteiger partial charge in [0, 0.05) is 48.8 Å². The molecule has 1 atom stereocenters. The number of H-pyrrole nitrogens is 1. The van der Waals surface area contributed by atoms with Crippen LogP contribution >= 0.6 is 0 Å². The number of hydrogen-bond acceptors (Lipinski definition) is 2. The third kappa shape index (κ3) is 3.34. The number of aromatic amines is 1. The molecular weight excluding hydrogens is 361 g/mol. The summed E-state index contributed by atoms with van der Waals surface area (Å²) in [5, 5.41) is 0. The minimum absolute atomic E-state index is 0.220. The minimum Gasteiger partial charge on any atom is -0.360 e. The normalized spacial score (nSPS) is 20.7. The van der Waals surface area contributed by atoms with Gasteiger partial charge in [-0.3, -0.25) is 9.88 Å². The van der Waals surface area contributed by atoms with Gasteiger partial charge in [0.1, 0.15) is 5.82 Å². The Bertz CT molecular complexity index is 1080. The first kappa shape index (κ1) is 18.1. The third-order valence-corrected chi connectivity index (χ3v) is 6.14. The van der Waals surface area contributed by atoms with Gasteiger partial charge < -0.3 is 4.98 Å². The summed E-state index contributed by atoms with van der Waals surface area (Å²) in [7, 11) is 0. The van der Waals surface area contributed by atoms with Gasteiger partial charge in [0.15, 0.2) is 0 Å². The maximum atomic E-state index is 13.5. The van der Waals surface area contributed by atoms with E-state index < -0.39 is 0 Å². The van der Waals surface area contributed by atoms with E-state index in [1.165, 1.54) is 34.4 Å². The van der Waals surface area contributed by atoms with Crippen molar-refractivity contribution in [2.24, 2.45) is 0 Å². The molecule has 2 aliphatic heterocycles. The summed E-state index contributed by atoms with van der Waals surface area (Å²) >= 11 is 0. The van der Waals surface area contributed by atoms with Crippen LogP contribution in [0.3, 0.4) is 0 Å². The second-order valence-corrected chi connectivity index (χ2v) is 7.83. The van der Waals surface area contributed by atoms with E-state index in [1.54, 1.807) is 0 Å². The monoisotopic (exact) mass is 385 g/mol. The molecule has 2 aliphatic rings. The maximum absolute atomic E-state index is 13.5. The average molecular weight is 385 g/mol. The molecule has 3 nitrogen and oxygen atoms in total. The number of nitrogens with one attached hydrogen (secondary N) is 1. The van der Waals surface area contributed by atoms with Crippen LogP contribution in [0, 0.1) is 5.82 Å². The fourth-order valence-corrected chi connectivity index (χ4v) is 4.60. The Morgan fingerprint density at radius 1 is 1.10 bits per heavy atom. The summed E-state index contributed by atoms with van der Waals surface area (Å²) in [5.41, 5.74) is 8.46. The summed E-state index contributed by atoms with van der Waals surface area (Å²) < 4.78 is 13.5. The number of hydrogen-bond donors (Lipinski definition) is 1. The molecule has 1 saturated heterocycles. The fraction of sp³-hybridized carbons (Fsp3) is 0.240. The molecule has 3 aromatic rings. The SMILES string of the molecule is CC=C1CC2C=C(c3c[nH]c(-c4ccc(F)cc4)c3-c3ccncc3)CCN2C1. The van der Waals surface area contributed by atoms with Crippen LogP contribution in [-0.4, -0.2) is 34.0 Å². The van der Waals surface area contributed by atoms with Crippen molar-refractivity contribution >= 4 is 5.57 Å². The van der Waals surface area contributed by atoms with Crippen LogP contribution in [0.15, 0.2) is 72.7 Å². The second kappa shape index (κ2) is 7.45. The molecule has 1 aromatic carbocycles. The number of allylic oxidation sites excluding steroid dienone is 1. The van der Waals surface area contributed by atoms with E-state index >= 15 is 0 Å². The van der Waals surface area contributed by atoms with Crippen molar-refractivity contribution in [2.45, 2.75) is 25.8 Å². The molecule has 1 N–H and O–H groups in total. The average Bonchev–Trinajstić information content (AvgIpc) is 3.38. The molecule has 5 rings (SSSR count). The number of rotatable bonds is 3. The molecule has 0 saturated carbocycles. The van der Waals surface area contributed by atoms with E-state index in [0.717, 1.165) is 42.8 Å². The number of halogens is 1. The minimum atomic E-state index is -0.220. The van der Waals surface area contributed by atoms with Gasteiger partial charge in [0.2, 0.25) is 0 Å². The third-order valence-electron chi connectivity index (χ3n) is 6.14. The van der Waals surface area contributed by atoms with Gasteiger partial charge in [-0.15, -0.1) is 0 Å². The van der Waals surface area contributed by atoms with E-state index in [2.05, 4.69) is 40.1 Å². The quantitative estimate of drug-likeness (QED) is 0.587. The zero-order valence-corrected chi connectivity index (χ0v) is 16.5. The van der Waals surface area contributed by atoms with Gasteiger partial charge in [-0.05, 0) is 72.9 Å². The standard InChI is InChI=1S/C25H24FN3/c1-2-17-13-22-14-20(9-12-29(22)16-17)23-15-28-25(19-3-5-21(26)6-4-19)24(23)18-7-10-27-11-8-18/h2-8,10-11,14-15,22,28H,9,12-13,16H2,1H3. The lowest BCUT2D eigenvalue weighted by atomic mass is 9.90. The number of aromatic nitrogens is 2. The summed E-state index contributed by atoms with van der Waals surface area (Å²) in [6, 6.07) is 11.3. The summed E-state index contributed by atoms with van der Waals surface area (Å²) in [6.45, 7) is 4.32. The maximum Gasteiger partial charge on any atom is 0.123 e. The lowest BCUT2D eigenvalue weighted by Crippen LogP contribution is -2.32. The molecule has 0 aliphatic carbocycles. The van der Waals surface area contributed by atoms with Crippen LogP contribution < -0.4 is 0 Å². The van der Waals surface area contributed by atoms with Gasteiger partial charge in [0.25, 0.3) is 0 Å². The molecule has 0 radical (unpaired) electrons. The first-order valence-electron chi connectivity index (χ1n) is 10.2. The Kier molecular flexibility index (Phi) is 4.64. The van der Waals surface area contributed by atoms with Crippen molar-refractivity contribution in [1.82, 2.24) is 14.9 Å². The highest BCUT2D eigenvalue weighted by molar-refractivity contribution is 5.91.